The Balaban J connectivity index is 1.40. The van der Waals surface area contributed by atoms with Gasteiger partial charge in [-0.15, -0.1) is 0 Å². The molecule has 2 saturated heterocycles. The number of aromatic amines is 1. The summed E-state index contributed by atoms with van der Waals surface area (Å²) in [6, 6.07) is 3.93. The number of fused-ring (bicyclic) bond motifs is 1. The summed E-state index contributed by atoms with van der Waals surface area (Å²) in [4.78, 5) is 36.5. The van der Waals surface area contributed by atoms with Gasteiger partial charge in [0, 0.05) is 56.5 Å². The molecule has 2 amide bonds. The molecule has 0 spiro atoms. The molecular formula is C17H20N6O2. The van der Waals surface area contributed by atoms with E-state index in [2.05, 4.69) is 20.2 Å². The van der Waals surface area contributed by atoms with Crippen molar-refractivity contribution >= 4 is 11.8 Å². The second-order valence-electron chi connectivity index (χ2n) is 6.68. The van der Waals surface area contributed by atoms with Crippen LogP contribution in [0.15, 0.2) is 24.5 Å². The number of amides is 2. The molecule has 2 aromatic rings. The fourth-order valence-electron chi connectivity index (χ4n) is 3.77. The Hall–Kier alpha value is -2.77. The third kappa shape index (κ3) is 2.99. The minimum Gasteiger partial charge on any atom is -0.342 e. The number of H-pyrrole nitrogens is 1. The molecule has 0 bridgehead atoms. The quantitative estimate of drug-likeness (QED) is 0.877. The lowest BCUT2D eigenvalue weighted by Gasteiger charge is -2.36. The van der Waals surface area contributed by atoms with E-state index in [1.54, 1.807) is 12.4 Å². The van der Waals surface area contributed by atoms with Crippen LogP contribution in [-0.4, -0.2) is 68.0 Å². The third-order valence-electron chi connectivity index (χ3n) is 5.16. The van der Waals surface area contributed by atoms with Gasteiger partial charge >= 0.3 is 0 Å². The van der Waals surface area contributed by atoms with Gasteiger partial charge in [-0.05, 0) is 18.6 Å². The minimum atomic E-state index is 0.0258. The fraction of sp³-hybridized carbons (Fsp3) is 0.471. The van der Waals surface area contributed by atoms with Crippen LogP contribution in [0.25, 0.3) is 11.4 Å². The van der Waals surface area contributed by atoms with Crippen molar-refractivity contribution in [2.45, 2.75) is 25.3 Å². The average Bonchev–Trinajstić information content (AvgIpc) is 3.20. The molecule has 2 atom stereocenters. The summed E-state index contributed by atoms with van der Waals surface area (Å²) >= 11 is 0. The van der Waals surface area contributed by atoms with Crippen molar-refractivity contribution in [3.05, 3.63) is 30.4 Å². The zero-order valence-electron chi connectivity index (χ0n) is 14.1. The Morgan fingerprint density at radius 1 is 1.36 bits per heavy atom. The summed E-state index contributed by atoms with van der Waals surface area (Å²) < 4.78 is 0. The highest BCUT2D eigenvalue weighted by Gasteiger charge is 2.41. The lowest BCUT2D eigenvalue weighted by Crippen LogP contribution is -2.47. The molecule has 0 aliphatic carbocycles. The Morgan fingerprint density at radius 2 is 2.16 bits per heavy atom. The first-order valence-corrected chi connectivity index (χ1v) is 8.47. The van der Waals surface area contributed by atoms with Crippen molar-refractivity contribution in [2.75, 3.05) is 20.1 Å². The van der Waals surface area contributed by atoms with E-state index in [1.165, 1.54) is 0 Å². The van der Waals surface area contributed by atoms with E-state index >= 15 is 0 Å². The van der Waals surface area contributed by atoms with E-state index in [4.69, 9.17) is 0 Å². The van der Waals surface area contributed by atoms with Crippen molar-refractivity contribution in [1.82, 2.24) is 30.0 Å². The molecule has 4 rings (SSSR count). The van der Waals surface area contributed by atoms with Crippen molar-refractivity contribution in [3.8, 4) is 11.4 Å². The van der Waals surface area contributed by atoms with Gasteiger partial charge in [0.15, 0.2) is 5.82 Å². The van der Waals surface area contributed by atoms with Gasteiger partial charge in [-0.3, -0.25) is 19.7 Å². The Kier molecular flexibility index (Phi) is 3.95. The number of nitrogens with zero attached hydrogens (tertiary/aromatic N) is 5. The number of hydrogen-bond donors (Lipinski definition) is 1. The zero-order valence-corrected chi connectivity index (χ0v) is 14.1. The molecule has 0 aromatic carbocycles. The van der Waals surface area contributed by atoms with Crippen LogP contribution >= 0.6 is 0 Å². The smallest absolute Gasteiger partial charge is 0.230 e. The number of rotatable bonds is 3. The molecule has 8 nitrogen and oxygen atoms in total. The van der Waals surface area contributed by atoms with Gasteiger partial charge < -0.3 is 9.80 Å². The van der Waals surface area contributed by atoms with Crippen LogP contribution in [0.5, 0.6) is 0 Å². The number of carbonyl (C=O) groups excluding carboxylic acids is 2. The molecule has 130 valence electrons. The first kappa shape index (κ1) is 15.7. The van der Waals surface area contributed by atoms with Gasteiger partial charge in [-0.2, -0.15) is 5.10 Å². The number of likely N-dealkylation sites (tertiary alicyclic amines) is 2. The highest BCUT2D eigenvalue weighted by atomic mass is 16.2. The van der Waals surface area contributed by atoms with E-state index in [9.17, 15) is 9.59 Å². The van der Waals surface area contributed by atoms with Crippen molar-refractivity contribution in [1.29, 1.82) is 0 Å². The lowest BCUT2D eigenvalue weighted by atomic mass is 9.92. The molecule has 0 unspecified atom stereocenters. The fourth-order valence-corrected chi connectivity index (χ4v) is 3.77. The molecule has 2 aliphatic rings. The van der Waals surface area contributed by atoms with Gasteiger partial charge in [0.2, 0.25) is 11.8 Å². The molecule has 2 fully saturated rings. The summed E-state index contributed by atoms with van der Waals surface area (Å²) in [6.07, 6.45) is 4.94. The van der Waals surface area contributed by atoms with Crippen molar-refractivity contribution in [2.24, 2.45) is 5.92 Å². The van der Waals surface area contributed by atoms with Crippen LogP contribution < -0.4 is 0 Å². The summed E-state index contributed by atoms with van der Waals surface area (Å²) in [6.45, 7) is 1.33. The second-order valence-corrected chi connectivity index (χ2v) is 6.68. The van der Waals surface area contributed by atoms with Crippen LogP contribution in [0.3, 0.4) is 0 Å². The van der Waals surface area contributed by atoms with Gasteiger partial charge in [-0.1, -0.05) is 0 Å². The molecule has 2 aromatic heterocycles. The summed E-state index contributed by atoms with van der Waals surface area (Å²) in [5, 5.41) is 7.02. The van der Waals surface area contributed by atoms with Gasteiger partial charge in [0.1, 0.15) is 5.82 Å². The van der Waals surface area contributed by atoms with Crippen LogP contribution in [0.2, 0.25) is 0 Å². The topological polar surface area (TPSA) is 95.1 Å². The molecular weight excluding hydrogens is 320 g/mol. The van der Waals surface area contributed by atoms with Crippen LogP contribution in [0.1, 0.15) is 18.7 Å². The summed E-state index contributed by atoms with van der Waals surface area (Å²) in [5.41, 5.74) is 0.860. The molecule has 0 saturated carbocycles. The Morgan fingerprint density at radius 3 is 2.96 bits per heavy atom. The Labute approximate surface area is 145 Å². The molecule has 25 heavy (non-hydrogen) atoms. The maximum atomic E-state index is 12.6. The van der Waals surface area contributed by atoms with Crippen molar-refractivity contribution in [3.63, 3.8) is 0 Å². The highest BCUT2D eigenvalue weighted by Crippen LogP contribution is 2.31. The van der Waals surface area contributed by atoms with Gasteiger partial charge in [-0.25, -0.2) is 4.98 Å². The summed E-state index contributed by atoms with van der Waals surface area (Å²) in [5.74, 6) is 1.57. The molecule has 4 heterocycles. The number of nitrogens with one attached hydrogen (secondary N) is 1. The highest BCUT2D eigenvalue weighted by molar-refractivity contribution is 5.81. The first-order chi connectivity index (χ1) is 12.1. The van der Waals surface area contributed by atoms with E-state index in [0.717, 1.165) is 12.0 Å². The van der Waals surface area contributed by atoms with Gasteiger partial charge in [0.05, 0.1) is 6.42 Å². The first-order valence-electron chi connectivity index (χ1n) is 8.47. The van der Waals surface area contributed by atoms with Crippen LogP contribution in [-0.2, 0) is 16.0 Å². The second kappa shape index (κ2) is 6.27. The molecule has 2 aliphatic heterocycles. The number of piperidine rings is 1. The molecule has 1 N–H and O–H groups in total. The minimum absolute atomic E-state index is 0.0258. The summed E-state index contributed by atoms with van der Waals surface area (Å²) in [7, 11) is 1.86. The van der Waals surface area contributed by atoms with Crippen LogP contribution in [0.4, 0.5) is 0 Å². The number of hydrogen-bond acceptors (Lipinski definition) is 5. The van der Waals surface area contributed by atoms with E-state index in [1.807, 2.05) is 29.0 Å². The monoisotopic (exact) mass is 340 g/mol. The van der Waals surface area contributed by atoms with E-state index in [0.29, 0.717) is 31.2 Å². The third-order valence-corrected chi connectivity index (χ3v) is 5.16. The van der Waals surface area contributed by atoms with Crippen molar-refractivity contribution < 1.29 is 9.59 Å². The predicted octanol–water partition coefficient (Wildman–Crippen LogP) is 0.488. The maximum Gasteiger partial charge on any atom is 0.230 e. The largest absolute Gasteiger partial charge is 0.342 e. The number of pyridine rings is 1. The van der Waals surface area contributed by atoms with Crippen LogP contribution in [0, 0.1) is 5.92 Å². The Bertz CT molecular complexity index is 789. The van der Waals surface area contributed by atoms with E-state index in [-0.39, 0.29) is 30.2 Å². The molecule has 0 radical (unpaired) electrons. The van der Waals surface area contributed by atoms with E-state index < -0.39 is 0 Å². The van der Waals surface area contributed by atoms with Gasteiger partial charge in [0.25, 0.3) is 0 Å². The SMILES string of the molecule is CN1C(=O)C[C@@H]2CN(C(=O)Cc3nc(-c4ccncc4)n[nH]3)CC[C@@H]21. The predicted molar refractivity (Wildman–Crippen MR) is 89.2 cm³/mol. The molecule has 8 heteroatoms. The number of carbonyl (C=O) groups is 2. The maximum absolute atomic E-state index is 12.6. The average molecular weight is 340 g/mol. The zero-order chi connectivity index (χ0) is 17.4. The normalized spacial score (nSPS) is 23.0. The number of aromatic nitrogens is 4. The lowest BCUT2D eigenvalue weighted by molar-refractivity contribution is -0.132. The standard InChI is InChI=1S/C17H20N6O2/c1-22-13-4-7-23(10-12(13)8-15(22)24)16(25)9-14-19-17(21-20-14)11-2-5-18-6-3-11/h2-3,5-6,12-13H,4,7-10H2,1H3,(H,19,20,21)/t12-,13+/m1/s1.